The number of aromatic nitrogens is 4. The van der Waals surface area contributed by atoms with Gasteiger partial charge >= 0.3 is 0 Å². The summed E-state index contributed by atoms with van der Waals surface area (Å²) in [6, 6.07) is 30.5. The molecule has 0 radical (unpaired) electrons. The first-order valence-corrected chi connectivity index (χ1v) is 14.1. The van der Waals surface area contributed by atoms with Crippen molar-refractivity contribution in [2.75, 3.05) is 0 Å². The number of carbonyl (C=O) groups is 1. The van der Waals surface area contributed by atoms with E-state index in [1.165, 1.54) is 5.56 Å². The van der Waals surface area contributed by atoms with Gasteiger partial charge in [0.1, 0.15) is 11.6 Å². The van der Waals surface area contributed by atoms with Crippen LogP contribution in [-0.4, -0.2) is 25.3 Å². The molecular formula is C35H38N4O. The lowest BCUT2D eigenvalue weighted by Crippen LogP contribution is -2.34. The maximum absolute atomic E-state index is 14.3. The number of H-pyrrole nitrogens is 1. The highest BCUT2D eigenvalue weighted by molar-refractivity contribution is 5.98. The van der Waals surface area contributed by atoms with Gasteiger partial charge in [-0.1, -0.05) is 112 Å². The van der Waals surface area contributed by atoms with E-state index >= 15 is 0 Å². The van der Waals surface area contributed by atoms with Crippen LogP contribution in [0, 0.1) is 11.3 Å². The van der Waals surface area contributed by atoms with Gasteiger partial charge < -0.3 is 9.55 Å². The number of rotatable bonds is 11. The van der Waals surface area contributed by atoms with Gasteiger partial charge in [-0.25, -0.2) is 9.97 Å². The predicted octanol–water partition coefficient (Wildman–Crippen LogP) is 7.97. The van der Waals surface area contributed by atoms with Crippen molar-refractivity contribution in [3.05, 3.63) is 132 Å². The van der Waals surface area contributed by atoms with Crippen LogP contribution in [0.5, 0.6) is 0 Å². The standard InChI is InChI=1S/C35H38N4O/c1-35(2,3)32(29(20-13-21-31-36-22-23-37-31)33(40)28-18-11-6-12-19-28)34-38-30(27-16-9-5-10-17-27)25-39(34)24-26-14-7-4-8-15-26/h4-12,14-19,22-23,25,29,32H,13,20-21,24H2,1-3H3,(H,36,37)/t29-,32?/m1/s1. The highest BCUT2D eigenvalue weighted by Crippen LogP contribution is 2.44. The lowest BCUT2D eigenvalue weighted by molar-refractivity contribution is 0.0826. The Hall–Kier alpha value is -4.25. The van der Waals surface area contributed by atoms with Gasteiger partial charge in [0, 0.05) is 54.5 Å². The number of nitrogens with one attached hydrogen (secondary N) is 1. The largest absolute Gasteiger partial charge is 0.349 e. The van der Waals surface area contributed by atoms with Crippen molar-refractivity contribution in [3.8, 4) is 11.3 Å². The van der Waals surface area contributed by atoms with Gasteiger partial charge in [0.15, 0.2) is 5.78 Å². The Morgan fingerprint density at radius 1 is 0.900 bits per heavy atom. The van der Waals surface area contributed by atoms with Crippen molar-refractivity contribution >= 4 is 5.78 Å². The summed E-state index contributed by atoms with van der Waals surface area (Å²) >= 11 is 0. The van der Waals surface area contributed by atoms with E-state index in [-0.39, 0.29) is 23.0 Å². The van der Waals surface area contributed by atoms with Crippen LogP contribution >= 0.6 is 0 Å². The van der Waals surface area contributed by atoms with Gasteiger partial charge in [0.05, 0.1) is 5.69 Å². The van der Waals surface area contributed by atoms with Gasteiger partial charge in [-0.05, 0) is 23.8 Å². The zero-order valence-electron chi connectivity index (χ0n) is 23.6. The molecule has 0 spiro atoms. The molecular weight excluding hydrogens is 492 g/mol. The molecule has 0 aliphatic heterocycles. The van der Waals surface area contributed by atoms with Crippen molar-refractivity contribution in [2.24, 2.45) is 11.3 Å². The number of Topliss-reactive ketones (excluding diaryl/α,β-unsaturated/α-hetero) is 1. The minimum atomic E-state index is -0.238. The molecule has 0 fully saturated rings. The highest BCUT2D eigenvalue weighted by atomic mass is 16.1. The molecule has 2 atom stereocenters. The molecule has 0 saturated heterocycles. The molecule has 1 N–H and O–H groups in total. The summed E-state index contributed by atoms with van der Waals surface area (Å²) in [6.45, 7) is 7.40. The smallest absolute Gasteiger partial charge is 0.166 e. The zero-order chi connectivity index (χ0) is 28.0. The Labute approximate surface area is 237 Å². The topological polar surface area (TPSA) is 63.6 Å². The van der Waals surface area contributed by atoms with Gasteiger partial charge in [-0.15, -0.1) is 0 Å². The van der Waals surface area contributed by atoms with E-state index in [1.54, 1.807) is 6.20 Å². The second-order valence-corrected chi connectivity index (χ2v) is 11.6. The Balaban J connectivity index is 1.59. The van der Waals surface area contributed by atoms with Crippen molar-refractivity contribution < 1.29 is 4.79 Å². The van der Waals surface area contributed by atoms with Crippen molar-refractivity contribution in [3.63, 3.8) is 0 Å². The average molecular weight is 531 g/mol. The third kappa shape index (κ3) is 6.48. The number of benzene rings is 3. The number of aryl methyl sites for hydroxylation is 1. The van der Waals surface area contributed by atoms with Gasteiger partial charge in [-0.2, -0.15) is 0 Å². The molecule has 0 aliphatic carbocycles. The molecule has 1 unspecified atom stereocenters. The molecule has 0 saturated carbocycles. The summed E-state index contributed by atoms with van der Waals surface area (Å²) in [6.07, 6.45) is 8.19. The molecule has 40 heavy (non-hydrogen) atoms. The Morgan fingerprint density at radius 3 is 2.17 bits per heavy atom. The van der Waals surface area contributed by atoms with Crippen LogP contribution in [0.3, 0.4) is 0 Å². The van der Waals surface area contributed by atoms with Crippen LogP contribution in [-0.2, 0) is 13.0 Å². The summed E-state index contributed by atoms with van der Waals surface area (Å²) in [5.74, 6) is 1.75. The fourth-order valence-corrected chi connectivity index (χ4v) is 5.69. The second-order valence-electron chi connectivity index (χ2n) is 11.6. The number of nitrogens with zero attached hydrogens (tertiary/aromatic N) is 3. The highest BCUT2D eigenvalue weighted by Gasteiger charge is 2.40. The molecule has 5 nitrogen and oxygen atoms in total. The number of imidazole rings is 2. The third-order valence-electron chi connectivity index (χ3n) is 7.56. The average Bonchev–Trinajstić information content (AvgIpc) is 3.63. The Bertz CT molecular complexity index is 1480. The van der Waals surface area contributed by atoms with Crippen LogP contribution < -0.4 is 0 Å². The maximum Gasteiger partial charge on any atom is 0.166 e. The van der Waals surface area contributed by atoms with E-state index in [0.29, 0.717) is 6.54 Å². The van der Waals surface area contributed by atoms with E-state index in [4.69, 9.17) is 4.98 Å². The van der Waals surface area contributed by atoms with Crippen molar-refractivity contribution in [2.45, 2.75) is 52.5 Å². The quantitative estimate of drug-likeness (QED) is 0.176. The number of ketones is 1. The monoisotopic (exact) mass is 530 g/mol. The van der Waals surface area contributed by atoms with Gasteiger partial charge in [0.2, 0.25) is 0 Å². The number of carbonyl (C=O) groups excluding carboxylic acids is 1. The van der Waals surface area contributed by atoms with Gasteiger partial charge in [0.25, 0.3) is 0 Å². The second kappa shape index (κ2) is 12.3. The molecule has 0 aliphatic rings. The molecule has 5 aromatic rings. The Kier molecular flexibility index (Phi) is 8.40. The first-order chi connectivity index (χ1) is 19.4. The molecule has 5 heteroatoms. The van der Waals surface area contributed by atoms with Gasteiger partial charge in [-0.3, -0.25) is 4.79 Å². The SMILES string of the molecule is CC(C)(C)C(c1nc(-c2ccccc2)cn1Cc1ccccc1)[C@@H](CCCc1ncc[nH]1)C(=O)c1ccccc1. The van der Waals surface area contributed by atoms with E-state index in [1.807, 2.05) is 60.8 Å². The lowest BCUT2D eigenvalue weighted by atomic mass is 9.68. The number of hydrogen-bond acceptors (Lipinski definition) is 3. The van der Waals surface area contributed by atoms with Crippen LogP contribution in [0.1, 0.15) is 67.1 Å². The van der Waals surface area contributed by atoms with Crippen LogP contribution in [0.15, 0.2) is 110 Å². The maximum atomic E-state index is 14.3. The van der Waals surface area contributed by atoms with E-state index < -0.39 is 0 Å². The molecule has 204 valence electrons. The summed E-state index contributed by atoms with van der Waals surface area (Å²) in [5.41, 5.74) is 3.75. The zero-order valence-corrected chi connectivity index (χ0v) is 23.6. The van der Waals surface area contributed by atoms with Crippen molar-refractivity contribution in [1.82, 2.24) is 19.5 Å². The summed E-state index contributed by atoms with van der Waals surface area (Å²) < 4.78 is 2.27. The fourth-order valence-electron chi connectivity index (χ4n) is 5.69. The Morgan fingerprint density at radius 2 is 1.55 bits per heavy atom. The first-order valence-electron chi connectivity index (χ1n) is 14.1. The van der Waals surface area contributed by atoms with Crippen LogP contribution in [0.2, 0.25) is 0 Å². The molecule has 5 rings (SSSR count). The molecule has 0 bridgehead atoms. The van der Waals surface area contributed by atoms with E-state index in [9.17, 15) is 4.79 Å². The minimum absolute atomic E-state index is 0.0991. The van der Waals surface area contributed by atoms with Crippen LogP contribution in [0.25, 0.3) is 11.3 Å². The summed E-state index contributed by atoms with van der Waals surface area (Å²) in [4.78, 5) is 27.2. The summed E-state index contributed by atoms with van der Waals surface area (Å²) in [7, 11) is 0. The summed E-state index contributed by atoms with van der Waals surface area (Å²) in [5, 5.41) is 0. The minimum Gasteiger partial charge on any atom is -0.349 e. The third-order valence-corrected chi connectivity index (χ3v) is 7.56. The van der Waals surface area contributed by atoms with E-state index in [2.05, 4.69) is 77.9 Å². The number of hydrogen-bond donors (Lipinski definition) is 1. The molecule has 2 heterocycles. The van der Waals surface area contributed by atoms with Crippen molar-refractivity contribution in [1.29, 1.82) is 0 Å². The molecule has 3 aromatic carbocycles. The van der Waals surface area contributed by atoms with Crippen LogP contribution in [0.4, 0.5) is 0 Å². The predicted molar refractivity (Wildman–Crippen MR) is 161 cm³/mol. The number of aromatic amines is 1. The normalized spacial score (nSPS) is 13.2. The molecule has 2 aromatic heterocycles. The lowest BCUT2D eigenvalue weighted by Gasteiger charge is -2.36. The molecule has 0 amide bonds. The van der Waals surface area contributed by atoms with E-state index in [0.717, 1.165) is 47.7 Å². The fraction of sp³-hybridized carbons (Fsp3) is 0.286. The first kappa shape index (κ1) is 27.3.